The second-order valence-electron chi connectivity index (χ2n) is 4.75. The van der Waals surface area contributed by atoms with Crippen LogP contribution in [0.1, 0.15) is 5.56 Å². The maximum absolute atomic E-state index is 11.7. The van der Waals surface area contributed by atoms with Crippen molar-refractivity contribution in [2.24, 2.45) is 5.14 Å². The first-order valence-electron chi connectivity index (χ1n) is 6.36. The zero-order valence-electron chi connectivity index (χ0n) is 11.8. The van der Waals surface area contributed by atoms with Crippen molar-refractivity contribution in [2.75, 3.05) is 6.61 Å². The molecule has 0 unspecified atom stereocenters. The Kier molecular flexibility index (Phi) is 4.48. The fraction of sp³-hybridized carbons (Fsp3) is 0.133. The molecule has 0 spiro atoms. The normalized spacial score (nSPS) is 11.2. The Morgan fingerprint density at radius 2 is 1.95 bits per heavy atom. The number of hydrogen-bond donors (Lipinski definition) is 2. The lowest BCUT2D eigenvalue weighted by molar-refractivity contribution is -0.139. The van der Waals surface area contributed by atoms with E-state index >= 15 is 0 Å². The molecule has 116 valence electrons. The van der Waals surface area contributed by atoms with Crippen LogP contribution in [0.4, 0.5) is 0 Å². The van der Waals surface area contributed by atoms with Crippen LogP contribution in [0.2, 0.25) is 0 Å². The summed E-state index contributed by atoms with van der Waals surface area (Å²) in [5.41, 5.74) is 1.78. The van der Waals surface area contributed by atoms with E-state index in [-0.39, 0.29) is 4.90 Å². The third-order valence-corrected chi connectivity index (χ3v) is 3.90. The highest BCUT2D eigenvalue weighted by atomic mass is 32.2. The Morgan fingerprint density at radius 3 is 2.59 bits per heavy atom. The number of primary sulfonamides is 1. The van der Waals surface area contributed by atoms with Gasteiger partial charge in [0.2, 0.25) is 10.0 Å². The van der Waals surface area contributed by atoms with Gasteiger partial charge in [-0.1, -0.05) is 24.3 Å². The van der Waals surface area contributed by atoms with Gasteiger partial charge in [0.15, 0.2) is 6.61 Å². The Hall–Kier alpha value is -2.38. The minimum Gasteiger partial charge on any atom is -0.482 e. The minimum absolute atomic E-state index is 0.0166. The molecule has 0 heterocycles. The molecule has 2 rings (SSSR count). The van der Waals surface area contributed by atoms with E-state index in [1.54, 1.807) is 43.3 Å². The summed E-state index contributed by atoms with van der Waals surface area (Å²) in [6.45, 7) is 1.30. The summed E-state index contributed by atoms with van der Waals surface area (Å²) >= 11 is 0. The number of aryl methyl sites for hydroxylation is 1. The van der Waals surface area contributed by atoms with Crippen molar-refractivity contribution in [1.82, 2.24) is 0 Å². The van der Waals surface area contributed by atoms with Gasteiger partial charge in [-0.25, -0.2) is 18.4 Å². The molecule has 2 aromatic rings. The van der Waals surface area contributed by atoms with Gasteiger partial charge in [0.25, 0.3) is 0 Å². The molecule has 6 nitrogen and oxygen atoms in total. The van der Waals surface area contributed by atoms with Crippen LogP contribution in [0.3, 0.4) is 0 Å². The van der Waals surface area contributed by atoms with Crippen LogP contribution in [0.15, 0.2) is 47.4 Å². The number of ether oxygens (including phenoxy) is 1. The summed E-state index contributed by atoms with van der Waals surface area (Å²) in [5, 5.41) is 13.9. The molecule has 0 saturated heterocycles. The van der Waals surface area contributed by atoms with E-state index in [0.29, 0.717) is 16.9 Å². The van der Waals surface area contributed by atoms with Crippen molar-refractivity contribution in [3.05, 3.63) is 48.0 Å². The van der Waals surface area contributed by atoms with Gasteiger partial charge in [0, 0.05) is 5.56 Å². The van der Waals surface area contributed by atoms with Gasteiger partial charge in [-0.15, -0.1) is 0 Å². The topological polar surface area (TPSA) is 107 Å². The molecule has 0 aliphatic carbocycles. The van der Waals surface area contributed by atoms with Crippen molar-refractivity contribution in [3.8, 4) is 16.9 Å². The van der Waals surface area contributed by atoms with Crippen LogP contribution in [0.5, 0.6) is 5.75 Å². The first-order valence-corrected chi connectivity index (χ1v) is 7.90. The molecular formula is C15H15NO5S. The lowest BCUT2D eigenvalue weighted by Crippen LogP contribution is -2.13. The molecule has 22 heavy (non-hydrogen) atoms. The standard InChI is InChI=1S/C15H15NO5S/c1-10-5-6-13(14(7-10)22(16,19)20)11-3-2-4-12(8-11)21-9-15(17)18/h2-8H,9H2,1H3,(H,17,18)(H2,16,19,20). The molecule has 0 aliphatic rings. The number of carboxylic acids is 1. The predicted molar refractivity (Wildman–Crippen MR) is 81.1 cm³/mol. The Bertz CT molecular complexity index is 814. The molecule has 0 atom stereocenters. The number of aliphatic carboxylic acids is 1. The smallest absolute Gasteiger partial charge is 0.341 e. The Morgan fingerprint density at radius 1 is 1.23 bits per heavy atom. The van der Waals surface area contributed by atoms with Crippen molar-refractivity contribution < 1.29 is 23.1 Å². The van der Waals surface area contributed by atoms with Crippen LogP contribution in [0.25, 0.3) is 11.1 Å². The van der Waals surface area contributed by atoms with Crippen molar-refractivity contribution in [2.45, 2.75) is 11.8 Å². The fourth-order valence-electron chi connectivity index (χ4n) is 2.00. The molecule has 0 amide bonds. The maximum atomic E-state index is 11.7. The largest absolute Gasteiger partial charge is 0.482 e. The van der Waals surface area contributed by atoms with Crippen LogP contribution in [-0.2, 0) is 14.8 Å². The van der Waals surface area contributed by atoms with Gasteiger partial charge in [-0.05, 0) is 36.2 Å². The molecule has 0 bridgehead atoms. The summed E-state index contributed by atoms with van der Waals surface area (Å²) in [5.74, 6) is -0.758. The van der Waals surface area contributed by atoms with Gasteiger partial charge < -0.3 is 9.84 Å². The Labute approximate surface area is 128 Å². The number of hydrogen-bond acceptors (Lipinski definition) is 4. The minimum atomic E-state index is -3.88. The van der Waals surface area contributed by atoms with Gasteiger partial charge in [0.1, 0.15) is 5.75 Å². The Balaban J connectivity index is 2.48. The third-order valence-electron chi connectivity index (χ3n) is 2.95. The first kappa shape index (κ1) is 16.0. The highest BCUT2D eigenvalue weighted by Gasteiger charge is 2.16. The quantitative estimate of drug-likeness (QED) is 0.873. The molecular weight excluding hydrogens is 306 g/mol. The third kappa shape index (κ3) is 3.84. The lowest BCUT2D eigenvalue weighted by atomic mass is 10.0. The van der Waals surface area contributed by atoms with Crippen molar-refractivity contribution in [3.63, 3.8) is 0 Å². The number of carbonyl (C=O) groups is 1. The average molecular weight is 321 g/mol. The summed E-state index contributed by atoms with van der Waals surface area (Å²) in [6.07, 6.45) is 0. The highest BCUT2D eigenvalue weighted by molar-refractivity contribution is 7.89. The zero-order valence-corrected chi connectivity index (χ0v) is 12.6. The zero-order chi connectivity index (χ0) is 16.3. The molecule has 0 aromatic heterocycles. The average Bonchev–Trinajstić information content (AvgIpc) is 2.44. The van der Waals surface area contributed by atoms with E-state index in [0.717, 1.165) is 5.56 Å². The van der Waals surface area contributed by atoms with Crippen molar-refractivity contribution in [1.29, 1.82) is 0 Å². The van der Waals surface area contributed by atoms with E-state index in [9.17, 15) is 13.2 Å². The molecule has 7 heteroatoms. The number of carboxylic acid groups (broad SMARTS) is 1. The number of benzene rings is 2. The highest BCUT2D eigenvalue weighted by Crippen LogP contribution is 2.30. The molecule has 3 N–H and O–H groups in total. The summed E-state index contributed by atoms with van der Waals surface area (Å²) < 4.78 is 28.6. The molecule has 0 fully saturated rings. The number of sulfonamides is 1. The van der Waals surface area contributed by atoms with Crippen LogP contribution in [0, 0.1) is 6.92 Å². The lowest BCUT2D eigenvalue weighted by Gasteiger charge is -2.11. The van der Waals surface area contributed by atoms with Gasteiger partial charge >= 0.3 is 5.97 Å². The first-order chi connectivity index (χ1) is 10.3. The number of rotatable bonds is 5. The summed E-state index contributed by atoms with van der Waals surface area (Å²) in [7, 11) is -3.88. The van der Waals surface area contributed by atoms with E-state index in [1.807, 2.05) is 0 Å². The molecule has 0 radical (unpaired) electrons. The van der Waals surface area contributed by atoms with Gasteiger partial charge in [-0.2, -0.15) is 0 Å². The van der Waals surface area contributed by atoms with Gasteiger partial charge in [-0.3, -0.25) is 0 Å². The van der Waals surface area contributed by atoms with E-state index in [4.69, 9.17) is 15.0 Å². The maximum Gasteiger partial charge on any atom is 0.341 e. The second kappa shape index (κ2) is 6.17. The molecule has 0 aliphatic heterocycles. The van der Waals surface area contributed by atoms with Gasteiger partial charge in [0.05, 0.1) is 4.90 Å². The fourth-order valence-corrected chi connectivity index (χ4v) is 2.84. The molecule has 2 aromatic carbocycles. The summed E-state index contributed by atoms with van der Waals surface area (Å²) in [6, 6.07) is 11.4. The SMILES string of the molecule is Cc1ccc(-c2cccc(OCC(=O)O)c2)c(S(N)(=O)=O)c1. The van der Waals surface area contributed by atoms with Crippen LogP contribution in [-0.4, -0.2) is 26.1 Å². The van der Waals surface area contributed by atoms with Crippen LogP contribution >= 0.6 is 0 Å². The van der Waals surface area contributed by atoms with Crippen molar-refractivity contribution >= 4 is 16.0 Å². The summed E-state index contributed by atoms with van der Waals surface area (Å²) in [4.78, 5) is 10.5. The second-order valence-corrected chi connectivity index (χ2v) is 6.28. The molecule has 0 saturated carbocycles. The monoisotopic (exact) mass is 321 g/mol. The van der Waals surface area contributed by atoms with E-state index in [2.05, 4.69) is 0 Å². The number of nitrogens with two attached hydrogens (primary N) is 1. The predicted octanol–water partition coefficient (Wildman–Crippen LogP) is 1.77. The van der Waals surface area contributed by atoms with E-state index in [1.165, 1.54) is 6.07 Å². The van der Waals surface area contributed by atoms with Crippen LogP contribution < -0.4 is 9.88 Å². The van der Waals surface area contributed by atoms with E-state index < -0.39 is 22.6 Å².